The fourth-order valence-corrected chi connectivity index (χ4v) is 7.18. The lowest BCUT2D eigenvalue weighted by atomic mass is 9.74. The molecule has 42 heavy (non-hydrogen) atoms. The number of hydrogen-bond acceptors (Lipinski definition) is 2. The van der Waals surface area contributed by atoms with Gasteiger partial charge in [0.25, 0.3) is 0 Å². The van der Waals surface area contributed by atoms with E-state index in [-0.39, 0.29) is 0 Å². The van der Waals surface area contributed by atoms with Crippen LogP contribution in [0.15, 0.2) is 122 Å². The molecule has 3 aliphatic rings. The summed E-state index contributed by atoms with van der Waals surface area (Å²) < 4.78 is 0. The molecule has 2 heteroatoms. The van der Waals surface area contributed by atoms with E-state index in [1.807, 2.05) is 30.5 Å². The summed E-state index contributed by atoms with van der Waals surface area (Å²) in [4.78, 5) is 9.52. The third-order valence-electron chi connectivity index (χ3n) is 9.18. The SMILES string of the molecule is C1=CC(c2ccccc2C2C=Cc3c(c4c(c5ccccc35)C=CCC4)C2)CC(c2ccnc(-c3ccccc3)n2)=C1. The second-order valence-electron chi connectivity index (χ2n) is 11.6. The summed E-state index contributed by atoms with van der Waals surface area (Å²) in [6.45, 7) is 0. The van der Waals surface area contributed by atoms with Crippen LogP contribution in [0.5, 0.6) is 0 Å². The Morgan fingerprint density at radius 2 is 1.36 bits per heavy atom. The molecule has 0 fully saturated rings. The number of nitrogens with zero attached hydrogens (tertiary/aromatic N) is 2. The molecule has 0 radical (unpaired) electrons. The molecule has 3 aliphatic carbocycles. The molecule has 5 aromatic rings. The predicted octanol–water partition coefficient (Wildman–Crippen LogP) is 9.74. The molecular formula is C40H32N2. The van der Waals surface area contributed by atoms with Crippen molar-refractivity contribution in [1.29, 1.82) is 0 Å². The Morgan fingerprint density at radius 1 is 0.643 bits per heavy atom. The number of aromatic nitrogens is 2. The molecule has 4 aromatic carbocycles. The van der Waals surface area contributed by atoms with E-state index in [1.54, 1.807) is 11.1 Å². The van der Waals surface area contributed by atoms with Gasteiger partial charge in [-0.2, -0.15) is 0 Å². The number of benzene rings is 4. The number of rotatable bonds is 4. The van der Waals surface area contributed by atoms with Crippen LogP contribution >= 0.6 is 0 Å². The van der Waals surface area contributed by atoms with Gasteiger partial charge in [-0.25, -0.2) is 9.97 Å². The Kier molecular flexibility index (Phi) is 6.26. The van der Waals surface area contributed by atoms with Gasteiger partial charge in [0.1, 0.15) is 0 Å². The fourth-order valence-electron chi connectivity index (χ4n) is 7.18. The molecule has 0 amide bonds. The molecule has 202 valence electrons. The first-order valence-electron chi connectivity index (χ1n) is 15.1. The Bertz CT molecular complexity index is 1940. The standard InChI is InChI=1S/C40H32N2/c1-2-11-27(12-3-1)40-41-24-23-39(42-40)30-14-10-13-28(25-30)31-15-4-5-16-32(31)29-21-22-37-35-19-7-6-17-33(35)34-18-8-9-20-36(34)38(37)26-29/h1-8,10-19,21-24,28-29H,9,20,25-26H2. The first-order chi connectivity index (χ1) is 20.8. The second kappa shape index (κ2) is 10.5. The molecular weight excluding hydrogens is 508 g/mol. The monoisotopic (exact) mass is 540 g/mol. The van der Waals surface area contributed by atoms with Crippen molar-refractivity contribution in [2.45, 2.75) is 37.5 Å². The zero-order chi connectivity index (χ0) is 27.9. The van der Waals surface area contributed by atoms with Crippen molar-refractivity contribution >= 4 is 28.5 Å². The van der Waals surface area contributed by atoms with Crippen molar-refractivity contribution < 1.29 is 0 Å². The topological polar surface area (TPSA) is 25.8 Å². The summed E-state index contributed by atoms with van der Waals surface area (Å²) >= 11 is 0. The first-order valence-corrected chi connectivity index (χ1v) is 15.1. The van der Waals surface area contributed by atoms with Crippen molar-refractivity contribution in [3.05, 3.63) is 161 Å². The largest absolute Gasteiger partial charge is 0.237 e. The van der Waals surface area contributed by atoms with Crippen molar-refractivity contribution in [3.63, 3.8) is 0 Å². The van der Waals surface area contributed by atoms with E-state index < -0.39 is 0 Å². The third-order valence-corrected chi connectivity index (χ3v) is 9.18. The van der Waals surface area contributed by atoms with Crippen molar-refractivity contribution in [1.82, 2.24) is 9.97 Å². The Labute approximate surface area is 247 Å². The highest BCUT2D eigenvalue weighted by Gasteiger charge is 2.27. The predicted molar refractivity (Wildman–Crippen MR) is 175 cm³/mol. The molecule has 1 heterocycles. The van der Waals surface area contributed by atoms with Gasteiger partial charge in [-0.1, -0.05) is 121 Å². The molecule has 0 N–H and O–H groups in total. The van der Waals surface area contributed by atoms with Crippen LogP contribution in [0.1, 0.15) is 63.8 Å². The van der Waals surface area contributed by atoms with Gasteiger partial charge in [-0.3, -0.25) is 0 Å². The quantitative estimate of drug-likeness (QED) is 0.227. The summed E-state index contributed by atoms with van der Waals surface area (Å²) in [5, 5.41) is 2.77. The highest BCUT2D eigenvalue weighted by atomic mass is 14.9. The molecule has 0 bridgehead atoms. The van der Waals surface area contributed by atoms with Gasteiger partial charge in [0, 0.05) is 23.6 Å². The lowest BCUT2D eigenvalue weighted by molar-refractivity contribution is 0.769. The molecule has 0 aliphatic heterocycles. The molecule has 2 nitrogen and oxygen atoms in total. The molecule has 8 rings (SSSR count). The second-order valence-corrected chi connectivity index (χ2v) is 11.6. The van der Waals surface area contributed by atoms with E-state index in [1.165, 1.54) is 38.6 Å². The summed E-state index contributed by atoms with van der Waals surface area (Å²) in [6, 6.07) is 30.3. The van der Waals surface area contributed by atoms with Gasteiger partial charge in [-0.05, 0) is 81.5 Å². The van der Waals surface area contributed by atoms with Crippen molar-refractivity contribution in [3.8, 4) is 11.4 Å². The van der Waals surface area contributed by atoms with E-state index in [0.717, 1.165) is 42.8 Å². The van der Waals surface area contributed by atoms with Gasteiger partial charge >= 0.3 is 0 Å². The van der Waals surface area contributed by atoms with Crippen LogP contribution in [0.3, 0.4) is 0 Å². The van der Waals surface area contributed by atoms with Crippen LogP contribution in [0, 0.1) is 0 Å². The minimum absolute atomic E-state index is 0.305. The molecule has 0 saturated heterocycles. The molecule has 1 aromatic heterocycles. The van der Waals surface area contributed by atoms with E-state index in [2.05, 4.69) is 108 Å². The highest BCUT2D eigenvalue weighted by Crippen LogP contribution is 2.43. The number of fused-ring (bicyclic) bond motifs is 6. The van der Waals surface area contributed by atoms with Crippen LogP contribution in [0.25, 0.3) is 39.9 Å². The summed E-state index contributed by atoms with van der Waals surface area (Å²) in [7, 11) is 0. The van der Waals surface area contributed by atoms with Crippen molar-refractivity contribution in [2.75, 3.05) is 0 Å². The number of allylic oxidation sites excluding steroid dienone is 6. The van der Waals surface area contributed by atoms with Gasteiger partial charge in [-0.15, -0.1) is 0 Å². The minimum atomic E-state index is 0.305. The normalized spacial score (nSPS) is 18.9. The molecule has 0 spiro atoms. The summed E-state index contributed by atoms with van der Waals surface area (Å²) in [5.41, 5.74) is 12.1. The first kappa shape index (κ1) is 24.9. The van der Waals surface area contributed by atoms with Crippen LogP contribution < -0.4 is 0 Å². The summed E-state index contributed by atoms with van der Waals surface area (Å²) in [6.07, 6.45) is 22.5. The van der Waals surface area contributed by atoms with Crippen LogP contribution in [-0.4, -0.2) is 9.97 Å². The van der Waals surface area contributed by atoms with E-state index in [9.17, 15) is 0 Å². The van der Waals surface area contributed by atoms with Crippen molar-refractivity contribution in [2.24, 2.45) is 0 Å². The van der Waals surface area contributed by atoms with Crippen LogP contribution in [0.2, 0.25) is 0 Å². The smallest absolute Gasteiger partial charge is 0.159 e. The van der Waals surface area contributed by atoms with Gasteiger partial charge < -0.3 is 0 Å². The molecule has 2 unspecified atom stereocenters. The van der Waals surface area contributed by atoms with E-state index in [4.69, 9.17) is 4.98 Å². The fraction of sp³-hybridized carbons (Fsp3) is 0.150. The van der Waals surface area contributed by atoms with Crippen LogP contribution in [-0.2, 0) is 12.8 Å². The lowest BCUT2D eigenvalue weighted by Crippen LogP contribution is -2.14. The molecule has 0 saturated carbocycles. The average Bonchev–Trinajstić information content (AvgIpc) is 3.09. The maximum absolute atomic E-state index is 4.97. The Balaban J connectivity index is 1.13. The van der Waals surface area contributed by atoms with Gasteiger partial charge in [0.05, 0.1) is 5.69 Å². The van der Waals surface area contributed by atoms with E-state index in [0.29, 0.717) is 11.8 Å². The zero-order valence-electron chi connectivity index (χ0n) is 23.6. The zero-order valence-corrected chi connectivity index (χ0v) is 23.6. The maximum atomic E-state index is 4.97. The lowest BCUT2D eigenvalue weighted by Gasteiger charge is -2.29. The maximum Gasteiger partial charge on any atom is 0.159 e. The highest BCUT2D eigenvalue weighted by molar-refractivity contribution is 6.00. The Morgan fingerprint density at radius 3 is 2.17 bits per heavy atom. The van der Waals surface area contributed by atoms with Gasteiger partial charge in [0.15, 0.2) is 5.82 Å². The van der Waals surface area contributed by atoms with Gasteiger partial charge in [0.2, 0.25) is 0 Å². The van der Waals surface area contributed by atoms with E-state index >= 15 is 0 Å². The summed E-state index contributed by atoms with van der Waals surface area (Å²) in [5.74, 6) is 1.44. The number of hydrogen-bond donors (Lipinski definition) is 0. The third kappa shape index (κ3) is 4.35. The van der Waals surface area contributed by atoms with Crippen LogP contribution in [0.4, 0.5) is 0 Å². The molecule has 2 atom stereocenters. The average molecular weight is 541 g/mol. The minimum Gasteiger partial charge on any atom is -0.237 e. The Hall–Kier alpha value is -4.82.